The predicted molar refractivity (Wildman–Crippen MR) is 152 cm³/mol. The van der Waals surface area contributed by atoms with Crippen LogP contribution in [0.1, 0.15) is 11.1 Å². The van der Waals surface area contributed by atoms with E-state index in [1.807, 2.05) is 19.1 Å². The molecule has 0 saturated carbocycles. The van der Waals surface area contributed by atoms with Gasteiger partial charge in [-0.2, -0.15) is 0 Å². The van der Waals surface area contributed by atoms with E-state index in [1.165, 1.54) is 24.9 Å². The molecule has 194 valence electrons. The van der Waals surface area contributed by atoms with Crippen molar-refractivity contribution in [2.24, 2.45) is 7.05 Å². The van der Waals surface area contributed by atoms with Gasteiger partial charge >= 0.3 is 0 Å². The van der Waals surface area contributed by atoms with Crippen LogP contribution in [-0.4, -0.2) is 34.7 Å². The molecule has 0 saturated heterocycles. The van der Waals surface area contributed by atoms with Crippen LogP contribution in [0.4, 0.5) is 17.3 Å². The van der Waals surface area contributed by atoms with Gasteiger partial charge in [0.05, 0.1) is 36.3 Å². The smallest absolute Gasteiger partial charge is 0.277 e. The minimum atomic E-state index is -0.360. The normalized spacial score (nSPS) is 10.7. The topological polar surface area (TPSA) is 107 Å². The van der Waals surface area contributed by atoms with E-state index in [-0.39, 0.29) is 22.9 Å². The van der Waals surface area contributed by atoms with E-state index in [0.717, 1.165) is 5.56 Å². The fourth-order valence-corrected chi connectivity index (χ4v) is 4.44. The molecule has 0 atom stereocenters. The van der Waals surface area contributed by atoms with Crippen molar-refractivity contribution in [1.82, 2.24) is 14.5 Å². The number of anilines is 3. The number of carbonyl (C=O) groups is 1. The fourth-order valence-electron chi connectivity index (χ4n) is 4.11. The molecule has 0 fully saturated rings. The number of methoxy groups -OCH3 is 2. The van der Waals surface area contributed by atoms with Crippen molar-refractivity contribution in [3.05, 3.63) is 82.3 Å². The summed E-state index contributed by atoms with van der Waals surface area (Å²) < 4.78 is 12.4. The van der Waals surface area contributed by atoms with Crippen LogP contribution in [0, 0.1) is 6.92 Å². The van der Waals surface area contributed by atoms with Crippen molar-refractivity contribution >= 4 is 51.8 Å². The second kappa shape index (κ2) is 10.8. The van der Waals surface area contributed by atoms with Gasteiger partial charge in [0.25, 0.3) is 5.56 Å². The van der Waals surface area contributed by atoms with E-state index < -0.39 is 0 Å². The number of benzene rings is 2. The first-order valence-electron chi connectivity index (χ1n) is 11.5. The molecule has 2 N–H and O–H groups in total. The molecule has 10 heteroatoms. The minimum absolute atomic E-state index is 0.193. The molecule has 0 aliphatic rings. The maximum Gasteiger partial charge on any atom is 0.277 e. The number of nitrogens with one attached hydrogen (secondary N) is 2. The Morgan fingerprint density at radius 1 is 1.16 bits per heavy atom. The van der Waals surface area contributed by atoms with Gasteiger partial charge < -0.3 is 24.7 Å². The summed E-state index contributed by atoms with van der Waals surface area (Å²) in [4.78, 5) is 34.3. The average Bonchev–Trinajstić information content (AvgIpc) is 2.92. The Kier molecular flexibility index (Phi) is 7.50. The number of aromatic nitrogens is 3. The van der Waals surface area contributed by atoms with Gasteiger partial charge in [-0.25, -0.2) is 9.97 Å². The van der Waals surface area contributed by atoms with Crippen molar-refractivity contribution in [3.8, 4) is 22.8 Å². The molecule has 2 aromatic heterocycles. The van der Waals surface area contributed by atoms with E-state index >= 15 is 0 Å². The number of nitrogens with zero attached hydrogens (tertiary/aromatic N) is 3. The first-order valence-corrected chi connectivity index (χ1v) is 11.9. The Balaban J connectivity index is 1.86. The third-order valence-electron chi connectivity index (χ3n) is 6.06. The highest BCUT2D eigenvalue weighted by Gasteiger charge is 2.22. The molecule has 1 amide bonds. The molecule has 0 unspecified atom stereocenters. The summed E-state index contributed by atoms with van der Waals surface area (Å²) in [6.07, 6.45) is 4.35. The number of hydrogen-bond acceptors (Lipinski definition) is 7. The lowest BCUT2D eigenvalue weighted by molar-refractivity contribution is -0.111. The number of aryl methyl sites for hydroxylation is 1. The standard InChI is InChI=1S/C28H26ClN5O4/c1-7-17-20(37-5)13-21(38-6)24(29)23(17)19-12-16-14-30-28(33-26(16)27(36)34(19)4)32-25-15(3)10-9-11-18(25)31-22(35)8-2/h7-14H,1-2H2,3-6H3,(H,31,35)(H,30,32,33). The van der Waals surface area contributed by atoms with Crippen molar-refractivity contribution in [3.63, 3.8) is 0 Å². The maximum atomic E-state index is 13.5. The number of ether oxygens (including phenoxy) is 2. The number of para-hydroxylation sites is 1. The number of amides is 1. The van der Waals surface area contributed by atoms with Gasteiger partial charge in [-0.15, -0.1) is 0 Å². The molecular weight excluding hydrogens is 506 g/mol. The van der Waals surface area contributed by atoms with Gasteiger partial charge in [0.15, 0.2) is 0 Å². The lowest BCUT2D eigenvalue weighted by Crippen LogP contribution is -2.20. The highest BCUT2D eigenvalue weighted by Crippen LogP contribution is 2.43. The first kappa shape index (κ1) is 26.4. The van der Waals surface area contributed by atoms with Crippen molar-refractivity contribution in [1.29, 1.82) is 0 Å². The Labute approximate surface area is 224 Å². The molecule has 2 aromatic carbocycles. The second-order valence-electron chi connectivity index (χ2n) is 8.30. The van der Waals surface area contributed by atoms with Crippen LogP contribution in [0.2, 0.25) is 5.02 Å². The Morgan fingerprint density at radius 3 is 2.55 bits per heavy atom. The molecule has 0 aliphatic heterocycles. The van der Waals surface area contributed by atoms with E-state index in [9.17, 15) is 9.59 Å². The summed E-state index contributed by atoms with van der Waals surface area (Å²) >= 11 is 6.70. The Morgan fingerprint density at radius 2 is 1.89 bits per heavy atom. The Bertz CT molecular complexity index is 1660. The minimum Gasteiger partial charge on any atom is -0.496 e. The zero-order valence-corrected chi connectivity index (χ0v) is 22.1. The van der Waals surface area contributed by atoms with Crippen LogP contribution in [0.15, 0.2) is 60.6 Å². The molecule has 0 spiro atoms. The summed E-state index contributed by atoms with van der Waals surface area (Å²) in [5, 5.41) is 6.70. The number of rotatable bonds is 8. The molecule has 4 aromatic rings. The summed E-state index contributed by atoms with van der Waals surface area (Å²) in [6.45, 7) is 9.26. The van der Waals surface area contributed by atoms with E-state index in [4.69, 9.17) is 21.1 Å². The van der Waals surface area contributed by atoms with Gasteiger partial charge in [0, 0.05) is 35.8 Å². The molecule has 0 aliphatic carbocycles. The molecular formula is C28H26ClN5O4. The summed E-state index contributed by atoms with van der Waals surface area (Å²) in [5.41, 5.74) is 3.46. The highest BCUT2D eigenvalue weighted by molar-refractivity contribution is 6.35. The quantitative estimate of drug-likeness (QED) is 0.290. The van der Waals surface area contributed by atoms with Crippen LogP contribution in [0.3, 0.4) is 0 Å². The van der Waals surface area contributed by atoms with Crippen LogP contribution in [0.25, 0.3) is 28.2 Å². The van der Waals surface area contributed by atoms with Gasteiger partial charge in [-0.05, 0) is 30.7 Å². The third-order valence-corrected chi connectivity index (χ3v) is 6.44. The average molecular weight is 532 g/mol. The molecule has 0 radical (unpaired) electrons. The number of pyridine rings is 1. The molecule has 4 rings (SSSR count). The number of halogens is 1. The molecule has 0 bridgehead atoms. The summed E-state index contributed by atoms with van der Waals surface area (Å²) in [5.74, 6) is 0.729. The highest BCUT2D eigenvalue weighted by atomic mass is 35.5. The third kappa shape index (κ3) is 4.71. The number of carbonyl (C=O) groups excluding carboxylic acids is 1. The van der Waals surface area contributed by atoms with Crippen molar-refractivity contribution in [2.45, 2.75) is 6.92 Å². The zero-order chi connectivity index (χ0) is 27.6. The lowest BCUT2D eigenvalue weighted by atomic mass is 10.0. The largest absolute Gasteiger partial charge is 0.496 e. The molecule has 9 nitrogen and oxygen atoms in total. The second-order valence-corrected chi connectivity index (χ2v) is 8.67. The zero-order valence-electron chi connectivity index (χ0n) is 21.4. The van der Waals surface area contributed by atoms with Crippen LogP contribution >= 0.6 is 11.6 Å². The van der Waals surface area contributed by atoms with E-state index in [1.54, 1.807) is 37.5 Å². The predicted octanol–water partition coefficient (Wildman–Crippen LogP) is 5.49. The molecule has 38 heavy (non-hydrogen) atoms. The first-order chi connectivity index (χ1) is 18.2. The van der Waals surface area contributed by atoms with E-state index in [2.05, 4.69) is 33.8 Å². The van der Waals surface area contributed by atoms with Crippen LogP contribution < -0.4 is 25.7 Å². The van der Waals surface area contributed by atoms with E-state index in [0.29, 0.717) is 50.1 Å². The van der Waals surface area contributed by atoms with Gasteiger partial charge in [-0.3, -0.25) is 9.59 Å². The van der Waals surface area contributed by atoms with Gasteiger partial charge in [0.1, 0.15) is 17.0 Å². The van der Waals surface area contributed by atoms with Crippen molar-refractivity contribution < 1.29 is 14.3 Å². The lowest BCUT2D eigenvalue weighted by Gasteiger charge is -2.19. The summed E-state index contributed by atoms with van der Waals surface area (Å²) in [6, 6.07) is 8.87. The van der Waals surface area contributed by atoms with Crippen LogP contribution in [-0.2, 0) is 11.8 Å². The SMILES string of the molecule is C=CC(=O)Nc1cccc(C)c1Nc1ncc2cc(-c3c(Cl)c(OC)cc(OC)c3C=C)n(C)c(=O)c2n1. The molecule has 2 heterocycles. The van der Waals surface area contributed by atoms with Crippen LogP contribution in [0.5, 0.6) is 11.5 Å². The van der Waals surface area contributed by atoms with Gasteiger partial charge in [0.2, 0.25) is 11.9 Å². The maximum absolute atomic E-state index is 13.5. The Hall–Kier alpha value is -4.63. The number of fused-ring (bicyclic) bond motifs is 1. The fraction of sp³-hybridized carbons (Fsp3) is 0.143. The number of hydrogen-bond donors (Lipinski definition) is 2. The summed E-state index contributed by atoms with van der Waals surface area (Å²) in [7, 11) is 4.66. The monoisotopic (exact) mass is 531 g/mol. The van der Waals surface area contributed by atoms with Crippen molar-refractivity contribution in [2.75, 3.05) is 24.9 Å². The van der Waals surface area contributed by atoms with Gasteiger partial charge in [-0.1, -0.05) is 43.0 Å².